The van der Waals surface area contributed by atoms with Crippen molar-refractivity contribution in [3.63, 3.8) is 0 Å². The van der Waals surface area contributed by atoms with E-state index in [1.807, 2.05) is 0 Å². The predicted octanol–water partition coefficient (Wildman–Crippen LogP) is 6.70. The van der Waals surface area contributed by atoms with Crippen molar-refractivity contribution < 1.29 is 4.79 Å². The highest BCUT2D eigenvalue weighted by atomic mass is 16.1. The highest BCUT2D eigenvalue weighted by molar-refractivity contribution is 6.03. The molecule has 0 aliphatic heterocycles. The van der Waals surface area contributed by atoms with Gasteiger partial charge in [0, 0.05) is 17.4 Å². The summed E-state index contributed by atoms with van der Waals surface area (Å²) in [5.41, 5.74) is 4.13. The van der Waals surface area contributed by atoms with E-state index in [9.17, 15) is 4.79 Å². The van der Waals surface area contributed by atoms with Gasteiger partial charge in [-0.05, 0) is 83.9 Å². The molecule has 3 unspecified atom stereocenters. The highest BCUT2D eigenvalue weighted by Crippen LogP contribution is 2.58. The number of rotatable bonds is 1. The van der Waals surface area contributed by atoms with Gasteiger partial charge in [-0.3, -0.25) is 4.79 Å². The fourth-order valence-electron chi connectivity index (χ4n) is 6.81. The normalized spacial score (nSPS) is 32.5. The lowest BCUT2D eigenvalue weighted by Crippen LogP contribution is -2.36. The number of fused-ring (bicyclic) bond motifs is 6. The third-order valence-corrected chi connectivity index (χ3v) is 8.22. The summed E-state index contributed by atoms with van der Waals surface area (Å²) in [5.74, 6) is 2.47. The van der Waals surface area contributed by atoms with Gasteiger partial charge in [0.25, 0.3) is 0 Å². The summed E-state index contributed by atoms with van der Waals surface area (Å²) in [7, 11) is 0. The maximum absolute atomic E-state index is 12.8. The van der Waals surface area contributed by atoms with Crippen LogP contribution < -0.4 is 0 Å². The lowest BCUT2D eigenvalue weighted by atomic mass is 9.62. The minimum absolute atomic E-state index is 0.235. The van der Waals surface area contributed by atoms with Gasteiger partial charge in [-0.1, -0.05) is 49.6 Å². The zero-order chi connectivity index (χ0) is 18.0. The fraction of sp³-hybridized carbons (Fsp3) is 0.500. The molecule has 27 heavy (non-hydrogen) atoms. The second-order valence-electron chi connectivity index (χ2n) is 9.61. The first kappa shape index (κ1) is 16.1. The molecule has 0 radical (unpaired) electrons. The number of Topliss-reactive ketones (excluding diaryl/α,β-unsaturated/α-hetero) is 1. The van der Waals surface area contributed by atoms with E-state index in [0.29, 0.717) is 11.7 Å². The fourth-order valence-corrected chi connectivity index (χ4v) is 6.81. The van der Waals surface area contributed by atoms with Crippen LogP contribution in [0.5, 0.6) is 0 Å². The monoisotopic (exact) mass is 356 g/mol. The minimum atomic E-state index is 0.235. The molecule has 2 aromatic carbocycles. The number of benzene rings is 2. The standard InChI is InChI=1S/C26H28O/c27-25-10-11-26(16-17-6-9-22(26)12-17)24-15-20-8-7-19(13-21(20)14-23(24)25)18-4-2-1-3-5-18/h6-9,13-15,17-18,22H,1-5,10-12,16H2. The van der Waals surface area contributed by atoms with Gasteiger partial charge in [0.2, 0.25) is 0 Å². The molecule has 1 heteroatoms. The molecule has 3 atom stereocenters. The molecule has 1 spiro atoms. The van der Waals surface area contributed by atoms with Crippen molar-refractivity contribution >= 4 is 16.6 Å². The number of allylic oxidation sites excluding steroid dienone is 2. The van der Waals surface area contributed by atoms with E-state index in [-0.39, 0.29) is 5.41 Å². The van der Waals surface area contributed by atoms with Crippen molar-refractivity contribution in [2.24, 2.45) is 11.8 Å². The molecule has 0 heterocycles. The number of carbonyl (C=O) groups is 1. The predicted molar refractivity (Wildman–Crippen MR) is 110 cm³/mol. The van der Waals surface area contributed by atoms with Crippen molar-refractivity contribution in [1.82, 2.24) is 0 Å². The van der Waals surface area contributed by atoms with E-state index in [4.69, 9.17) is 0 Å². The summed E-state index contributed by atoms with van der Waals surface area (Å²) in [5, 5.41) is 2.61. The molecule has 0 aromatic heterocycles. The van der Waals surface area contributed by atoms with E-state index >= 15 is 0 Å². The largest absolute Gasteiger partial charge is 0.294 e. The van der Waals surface area contributed by atoms with Crippen LogP contribution in [0.1, 0.15) is 85.2 Å². The molecule has 138 valence electrons. The van der Waals surface area contributed by atoms with Gasteiger partial charge in [-0.25, -0.2) is 0 Å². The quantitative estimate of drug-likeness (QED) is 0.520. The molecule has 2 fully saturated rings. The zero-order valence-electron chi connectivity index (χ0n) is 16.0. The van der Waals surface area contributed by atoms with Crippen LogP contribution in [0.3, 0.4) is 0 Å². The van der Waals surface area contributed by atoms with Crippen molar-refractivity contribution in [1.29, 1.82) is 0 Å². The summed E-state index contributed by atoms with van der Waals surface area (Å²) >= 11 is 0. The van der Waals surface area contributed by atoms with Crippen LogP contribution >= 0.6 is 0 Å². The molecular weight excluding hydrogens is 328 g/mol. The summed E-state index contributed by atoms with van der Waals surface area (Å²) in [4.78, 5) is 12.8. The molecule has 6 rings (SSSR count). The van der Waals surface area contributed by atoms with Gasteiger partial charge in [-0.2, -0.15) is 0 Å². The van der Waals surface area contributed by atoms with E-state index in [2.05, 4.69) is 42.5 Å². The van der Waals surface area contributed by atoms with E-state index < -0.39 is 0 Å². The van der Waals surface area contributed by atoms with Crippen molar-refractivity contribution in [2.45, 2.75) is 69.1 Å². The molecule has 2 saturated carbocycles. The first-order valence-electron chi connectivity index (χ1n) is 11.0. The Hall–Kier alpha value is -1.89. The van der Waals surface area contributed by atoms with E-state index in [1.165, 1.54) is 66.8 Å². The Morgan fingerprint density at radius 1 is 0.926 bits per heavy atom. The van der Waals surface area contributed by atoms with Gasteiger partial charge < -0.3 is 0 Å². The van der Waals surface area contributed by atoms with Crippen LogP contribution in [-0.2, 0) is 5.41 Å². The summed E-state index contributed by atoms with van der Waals surface area (Å²) in [6, 6.07) is 11.7. The lowest BCUT2D eigenvalue weighted by Gasteiger charge is -2.40. The molecule has 0 amide bonds. The van der Waals surface area contributed by atoms with Crippen molar-refractivity contribution in [3.05, 3.63) is 59.2 Å². The maximum Gasteiger partial charge on any atom is 0.163 e. The first-order valence-corrected chi connectivity index (χ1v) is 11.0. The Bertz CT molecular complexity index is 962. The van der Waals surface area contributed by atoms with Gasteiger partial charge >= 0.3 is 0 Å². The second-order valence-corrected chi connectivity index (χ2v) is 9.61. The van der Waals surface area contributed by atoms with Crippen molar-refractivity contribution in [3.8, 4) is 0 Å². The van der Waals surface area contributed by atoms with Crippen LogP contribution in [0.4, 0.5) is 0 Å². The molecular formula is C26H28O. The van der Waals surface area contributed by atoms with Crippen LogP contribution in [0.15, 0.2) is 42.5 Å². The van der Waals surface area contributed by atoms with Crippen LogP contribution in [-0.4, -0.2) is 5.78 Å². The Morgan fingerprint density at radius 2 is 1.81 bits per heavy atom. The van der Waals surface area contributed by atoms with Gasteiger partial charge in [-0.15, -0.1) is 0 Å². The van der Waals surface area contributed by atoms with E-state index in [1.54, 1.807) is 0 Å². The summed E-state index contributed by atoms with van der Waals surface area (Å²) in [6.45, 7) is 0. The molecule has 4 aliphatic rings. The van der Waals surface area contributed by atoms with Gasteiger partial charge in [0.05, 0.1) is 0 Å². The molecule has 4 aliphatic carbocycles. The van der Waals surface area contributed by atoms with Gasteiger partial charge in [0.1, 0.15) is 0 Å². The Balaban J connectivity index is 1.48. The van der Waals surface area contributed by atoms with E-state index in [0.717, 1.165) is 30.2 Å². The first-order chi connectivity index (χ1) is 13.2. The Labute approximate surface area is 161 Å². The smallest absolute Gasteiger partial charge is 0.163 e. The average Bonchev–Trinajstić information content (AvgIpc) is 3.32. The minimum Gasteiger partial charge on any atom is -0.294 e. The summed E-state index contributed by atoms with van der Waals surface area (Å²) in [6.07, 6.45) is 16.0. The van der Waals surface area contributed by atoms with Crippen LogP contribution in [0, 0.1) is 11.8 Å². The zero-order valence-corrected chi connectivity index (χ0v) is 16.0. The Morgan fingerprint density at radius 3 is 2.59 bits per heavy atom. The molecule has 0 N–H and O–H groups in total. The highest BCUT2D eigenvalue weighted by Gasteiger charge is 2.52. The van der Waals surface area contributed by atoms with Crippen LogP contribution in [0.2, 0.25) is 0 Å². The second kappa shape index (κ2) is 5.80. The lowest BCUT2D eigenvalue weighted by molar-refractivity contribution is 0.0944. The maximum atomic E-state index is 12.8. The molecule has 2 bridgehead atoms. The SMILES string of the molecule is O=C1CCC2(CC3C=CC2C3)c2cc3ccc(C4CCCCC4)cc3cc21. The molecule has 1 nitrogen and oxygen atoms in total. The van der Waals surface area contributed by atoms with Crippen LogP contribution in [0.25, 0.3) is 10.8 Å². The number of hydrogen-bond acceptors (Lipinski definition) is 1. The van der Waals surface area contributed by atoms with Gasteiger partial charge in [0.15, 0.2) is 5.78 Å². The molecule has 0 saturated heterocycles. The van der Waals surface area contributed by atoms with Crippen molar-refractivity contribution in [2.75, 3.05) is 0 Å². The number of hydrogen-bond donors (Lipinski definition) is 0. The third kappa shape index (κ3) is 2.33. The summed E-state index contributed by atoms with van der Waals surface area (Å²) < 4.78 is 0. The number of ketones is 1. The number of carbonyl (C=O) groups excluding carboxylic acids is 1. The Kier molecular flexibility index (Phi) is 3.46. The third-order valence-electron chi connectivity index (χ3n) is 8.22. The average molecular weight is 357 g/mol. The molecule has 2 aromatic rings. The topological polar surface area (TPSA) is 17.1 Å².